The molecule has 2 rings (SSSR count). The summed E-state index contributed by atoms with van der Waals surface area (Å²) in [6, 6.07) is 0. The Morgan fingerprint density at radius 2 is 2.14 bits per heavy atom. The maximum atomic E-state index is 11.7. The molecule has 0 saturated carbocycles. The molecule has 1 aromatic rings. The average molecular weight is 193 g/mol. The summed E-state index contributed by atoms with van der Waals surface area (Å²) < 4.78 is 0. The van der Waals surface area contributed by atoms with Crippen molar-refractivity contribution >= 4 is 5.91 Å². The van der Waals surface area contributed by atoms with Gasteiger partial charge >= 0.3 is 0 Å². The molecule has 1 N–H and O–H groups in total. The molecule has 6 nitrogen and oxygen atoms in total. The highest BCUT2D eigenvalue weighted by Crippen LogP contribution is 2.14. The van der Waals surface area contributed by atoms with Gasteiger partial charge in [0.1, 0.15) is 0 Å². The van der Waals surface area contributed by atoms with Crippen LogP contribution in [0.15, 0.2) is 12.2 Å². The van der Waals surface area contributed by atoms with E-state index in [0.29, 0.717) is 13.1 Å². The van der Waals surface area contributed by atoms with E-state index >= 15 is 0 Å². The van der Waals surface area contributed by atoms with Crippen molar-refractivity contribution in [2.24, 2.45) is 0 Å². The van der Waals surface area contributed by atoms with Gasteiger partial charge in [0.15, 0.2) is 0 Å². The highest BCUT2D eigenvalue weighted by molar-refractivity contribution is 5.90. The van der Waals surface area contributed by atoms with E-state index in [9.17, 15) is 4.79 Å². The van der Waals surface area contributed by atoms with Crippen molar-refractivity contribution in [1.29, 1.82) is 0 Å². The summed E-state index contributed by atoms with van der Waals surface area (Å²) in [7, 11) is 0. The van der Waals surface area contributed by atoms with Gasteiger partial charge in [-0.25, -0.2) is 0 Å². The van der Waals surface area contributed by atoms with E-state index in [1.165, 1.54) is 5.57 Å². The van der Waals surface area contributed by atoms with Crippen molar-refractivity contribution < 1.29 is 4.79 Å². The number of nitrogens with zero attached hydrogens (tertiary/aromatic N) is 4. The first kappa shape index (κ1) is 8.86. The monoisotopic (exact) mass is 193 g/mol. The Labute approximate surface area is 81.0 Å². The number of tetrazole rings is 1. The number of carbonyl (C=O) groups excluding carboxylic acids is 1. The summed E-state index contributed by atoms with van der Waals surface area (Å²) in [5.41, 5.74) is 1.20. The van der Waals surface area contributed by atoms with Gasteiger partial charge in [-0.3, -0.25) is 4.79 Å². The summed E-state index contributed by atoms with van der Waals surface area (Å²) in [6.07, 6.45) is 1.73. The molecular weight excluding hydrogens is 182 g/mol. The van der Waals surface area contributed by atoms with Gasteiger partial charge in [0.2, 0.25) is 0 Å². The first-order valence-electron chi connectivity index (χ1n) is 4.47. The molecule has 1 amide bonds. The molecule has 0 aromatic carbocycles. The standard InChI is InChI=1S/C8H11N5O/c1-6-2-4-13(5-3-6)8(14)7-9-11-12-10-7/h1-5H2,(H,9,10,11,12). The van der Waals surface area contributed by atoms with Crippen LogP contribution in [0.2, 0.25) is 0 Å². The van der Waals surface area contributed by atoms with Gasteiger partial charge in [-0.2, -0.15) is 5.21 Å². The van der Waals surface area contributed by atoms with Crippen LogP contribution < -0.4 is 0 Å². The first-order valence-corrected chi connectivity index (χ1v) is 4.47. The fourth-order valence-corrected chi connectivity index (χ4v) is 1.42. The van der Waals surface area contributed by atoms with E-state index in [4.69, 9.17) is 0 Å². The number of amides is 1. The third-order valence-electron chi connectivity index (χ3n) is 2.29. The summed E-state index contributed by atoms with van der Waals surface area (Å²) in [6.45, 7) is 5.28. The maximum absolute atomic E-state index is 11.7. The molecule has 0 unspecified atom stereocenters. The minimum absolute atomic E-state index is 0.137. The van der Waals surface area contributed by atoms with Crippen LogP contribution in [0.3, 0.4) is 0 Å². The third kappa shape index (κ3) is 1.63. The van der Waals surface area contributed by atoms with Crippen LogP contribution in [0.1, 0.15) is 23.5 Å². The average Bonchev–Trinajstić information content (AvgIpc) is 2.71. The zero-order valence-electron chi connectivity index (χ0n) is 7.73. The lowest BCUT2D eigenvalue weighted by atomic mass is 10.1. The predicted octanol–water partition coefficient (Wildman–Crippen LogP) is -0.00810. The Hall–Kier alpha value is -1.72. The second kappa shape index (κ2) is 3.57. The molecule has 0 bridgehead atoms. The molecule has 0 aliphatic carbocycles. The van der Waals surface area contributed by atoms with E-state index in [-0.39, 0.29) is 11.7 Å². The van der Waals surface area contributed by atoms with Crippen molar-refractivity contribution in [3.05, 3.63) is 18.0 Å². The van der Waals surface area contributed by atoms with Gasteiger partial charge in [0.05, 0.1) is 0 Å². The predicted molar refractivity (Wildman–Crippen MR) is 48.5 cm³/mol. The summed E-state index contributed by atoms with van der Waals surface area (Å²) in [5.74, 6) is -0.0243. The van der Waals surface area contributed by atoms with Crippen molar-refractivity contribution in [1.82, 2.24) is 25.5 Å². The van der Waals surface area contributed by atoms with Gasteiger partial charge in [-0.05, 0) is 18.1 Å². The second-order valence-corrected chi connectivity index (χ2v) is 3.28. The molecule has 1 fully saturated rings. The number of H-pyrrole nitrogens is 1. The van der Waals surface area contributed by atoms with E-state index < -0.39 is 0 Å². The van der Waals surface area contributed by atoms with E-state index in [2.05, 4.69) is 27.2 Å². The molecule has 0 radical (unpaired) electrons. The van der Waals surface area contributed by atoms with Crippen LogP contribution in [-0.2, 0) is 0 Å². The molecule has 1 aliphatic rings. The van der Waals surface area contributed by atoms with Gasteiger partial charge in [-0.1, -0.05) is 12.2 Å². The zero-order valence-corrected chi connectivity index (χ0v) is 7.73. The molecule has 74 valence electrons. The number of nitrogens with one attached hydrogen (secondary N) is 1. The Bertz CT molecular complexity index is 335. The molecule has 1 aromatic heterocycles. The van der Waals surface area contributed by atoms with Crippen molar-refractivity contribution in [2.75, 3.05) is 13.1 Å². The smallest absolute Gasteiger partial charge is 0.295 e. The normalized spacial score (nSPS) is 17.1. The SMILES string of the molecule is C=C1CCN(C(=O)c2nn[nH]n2)CC1. The van der Waals surface area contributed by atoms with E-state index in [1.807, 2.05) is 0 Å². The Morgan fingerprint density at radius 3 is 2.71 bits per heavy atom. The zero-order chi connectivity index (χ0) is 9.97. The van der Waals surface area contributed by atoms with Crippen LogP contribution in [-0.4, -0.2) is 44.5 Å². The largest absolute Gasteiger partial charge is 0.335 e. The van der Waals surface area contributed by atoms with Gasteiger partial charge in [0, 0.05) is 13.1 Å². The topological polar surface area (TPSA) is 74.8 Å². The highest BCUT2D eigenvalue weighted by Gasteiger charge is 2.22. The lowest BCUT2D eigenvalue weighted by Crippen LogP contribution is -2.36. The van der Waals surface area contributed by atoms with Crippen LogP contribution in [0.4, 0.5) is 0 Å². The number of carbonyl (C=O) groups is 1. The Morgan fingerprint density at radius 1 is 1.43 bits per heavy atom. The molecule has 0 atom stereocenters. The number of aromatic nitrogens is 4. The summed E-state index contributed by atoms with van der Waals surface area (Å²) >= 11 is 0. The minimum atomic E-state index is -0.161. The van der Waals surface area contributed by atoms with Gasteiger partial charge in [-0.15, -0.1) is 10.2 Å². The number of aromatic amines is 1. The molecule has 6 heteroatoms. The van der Waals surface area contributed by atoms with Crippen LogP contribution >= 0.6 is 0 Å². The van der Waals surface area contributed by atoms with Crippen LogP contribution in [0, 0.1) is 0 Å². The number of hydrogen-bond acceptors (Lipinski definition) is 4. The first-order chi connectivity index (χ1) is 6.77. The van der Waals surface area contributed by atoms with E-state index in [1.54, 1.807) is 4.90 Å². The number of likely N-dealkylation sites (tertiary alicyclic amines) is 1. The van der Waals surface area contributed by atoms with Gasteiger partial charge in [0.25, 0.3) is 11.7 Å². The van der Waals surface area contributed by atoms with Crippen molar-refractivity contribution in [2.45, 2.75) is 12.8 Å². The van der Waals surface area contributed by atoms with Crippen molar-refractivity contribution in [3.8, 4) is 0 Å². The number of hydrogen-bond donors (Lipinski definition) is 1. The van der Waals surface area contributed by atoms with Crippen LogP contribution in [0.5, 0.6) is 0 Å². The van der Waals surface area contributed by atoms with E-state index in [0.717, 1.165) is 12.8 Å². The third-order valence-corrected chi connectivity index (χ3v) is 2.29. The van der Waals surface area contributed by atoms with Gasteiger partial charge < -0.3 is 4.90 Å². The Kier molecular flexibility index (Phi) is 2.26. The molecule has 0 spiro atoms. The summed E-state index contributed by atoms with van der Waals surface area (Å²) in [4.78, 5) is 13.4. The number of rotatable bonds is 1. The molecule has 14 heavy (non-hydrogen) atoms. The lowest BCUT2D eigenvalue weighted by Gasteiger charge is -2.26. The Balaban J connectivity index is 2.03. The van der Waals surface area contributed by atoms with Crippen molar-refractivity contribution in [3.63, 3.8) is 0 Å². The molecule has 1 saturated heterocycles. The van der Waals surface area contributed by atoms with Crippen LogP contribution in [0.25, 0.3) is 0 Å². The quantitative estimate of drug-likeness (QED) is 0.636. The summed E-state index contributed by atoms with van der Waals surface area (Å²) in [5, 5.41) is 12.9. The minimum Gasteiger partial charge on any atom is -0.335 e. The fourth-order valence-electron chi connectivity index (χ4n) is 1.42. The number of piperidine rings is 1. The molecular formula is C8H11N5O. The highest BCUT2D eigenvalue weighted by atomic mass is 16.2. The fraction of sp³-hybridized carbons (Fsp3) is 0.500. The second-order valence-electron chi connectivity index (χ2n) is 3.28. The lowest BCUT2D eigenvalue weighted by molar-refractivity contribution is 0.0731. The molecule has 1 aliphatic heterocycles. The maximum Gasteiger partial charge on any atom is 0.295 e. The molecule has 2 heterocycles.